The molecular weight excluding hydrogens is 148 g/mol. The summed E-state index contributed by atoms with van der Waals surface area (Å²) in [5.41, 5.74) is 0.588. The Balaban J connectivity index is 3.17. The molecule has 0 aliphatic carbocycles. The molecule has 1 aromatic heterocycles. The maximum atomic E-state index is 10.8. The van der Waals surface area contributed by atoms with Crippen LogP contribution in [0.15, 0.2) is 11.4 Å². The molecule has 0 spiro atoms. The van der Waals surface area contributed by atoms with Crippen LogP contribution in [0.1, 0.15) is 17.4 Å². The average Bonchev–Trinajstić information content (AvgIpc) is 2.14. The fourth-order valence-corrected chi connectivity index (χ4v) is 0.892. The first-order valence-electron chi connectivity index (χ1n) is 2.84. The van der Waals surface area contributed by atoms with Crippen molar-refractivity contribution in [2.24, 2.45) is 7.05 Å². The summed E-state index contributed by atoms with van der Waals surface area (Å²) in [5, 5.41) is 0.560. The smallest absolute Gasteiger partial charge is 0.177 e. The highest BCUT2D eigenvalue weighted by Crippen LogP contribution is 2.06. The molecule has 0 amide bonds. The number of aromatic nitrogens is 2. The van der Waals surface area contributed by atoms with Crippen LogP contribution in [0.4, 0.5) is 0 Å². The lowest BCUT2D eigenvalue weighted by Crippen LogP contribution is -2.01. The average molecular weight is 156 g/mol. The van der Waals surface area contributed by atoms with Gasteiger partial charge in [-0.1, -0.05) is 0 Å². The predicted molar refractivity (Wildman–Crippen MR) is 40.5 cm³/mol. The van der Waals surface area contributed by atoms with Gasteiger partial charge in [-0.15, -0.1) is 12.6 Å². The van der Waals surface area contributed by atoms with Crippen LogP contribution >= 0.6 is 12.6 Å². The maximum Gasteiger partial charge on any atom is 0.177 e. The number of carbonyl (C=O) groups excluding carboxylic acids is 1. The lowest BCUT2D eigenvalue weighted by Gasteiger charge is -1.96. The second-order valence-corrected chi connectivity index (χ2v) is 2.46. The predicted octanol–water partition coefficient (Wildman–Crippen LogP) is 0.911. The molecule has 3 nitrogen and oxygen atoms in total. The largest absolute Gasteiger partial charge is 0.320 e. The fourth-order valence-electron chi connectivity index (χ4n) is 0.727. The molecule has 10 heavy (non-hydrogen) atoms. The summed E-state index contributed by atoms with van der Waals surface area (Å²) in [6.45, 7) is 1.50. The van der Waals surface area contributed by atoms with Crippen LogP contribution in [0.2, 0.25) is 0 Å². The highest BCUT2D eigenvalue weighted by atomic mass is 32.1. The van der Waals surface area contributed by atoms with Gasteiger partial charge in [0.05, 0.1) is 6.20 Å². The van der Waals surface area contributed by atoms with E-state index in [4.69, 9.17) is 0 Å². The molecule has 0 unspecified atom stereocenters. The summed E-state index contributed by atoms with van der Waals surface area (Å²) < 4.78 is 1.64. The van der Waals surface area contributed by atoms with Gasteiger partial charge in [-0.2, -0.15) is 0 Å². The molecule has 0 saturated heterocycles. The van der Waals surface area contributed by atoms with E-state index in [0.717, 1.165) is 0 Å². The third kappa shape index (κ3) is 1.07. The summed E-state index contributed by atoms with van der Waals surface area (Å²) in [5.74, 6) is 0.00954. The Labute approximate surface area is 64.5 Å². The number of hydrogen-bond donors (Lipinski definition) is 1. The molecule has 0 N–H and O–H groups in total. The van der Waals surface area contributed by atoms with Gasteiger partial charge in [-0.3, -0.25) is 4.79 Å². The Morgan fingerprint density at radius 1 is 1.80 bits per heavy atom. The zero-order chi connectivity index (χ0) is 7.72. The van der Waals surface area contributed by atoms with E-state index in [0.29, 0.717) is 10.9 Å². The zero-order valence-electron chi connectivity index (χ0n) is 5.83. The van der Waals surface area contributed by atoms with Crippen LogP contribution in [-0.2, 0) is 7.05 Å². The van der Waals surface area contributed by atoms with E-state index < -0.39 is 0 Å². The number of imidazole rings is 1. The summed E-state index contributed by atoms with van der Waals surface area (Å²) in [7, 11) is 1.76. The molecule has 0 aliphatic rings. The highest BCUT2D eigenvalue weighted by Gasteiger charge is 2.05. The number of Topliss-reactive ketones (excluding diaryl/α,β-unsaturated/α-hetero) is 1. The van der Waals surface area contributed by atoms with Crippen molar-refractivity contribution in [2.45, 2.75) is 12.1 Å². The highest BCUT2D eigenvalue weighted by molar-refractivity contribution is 7.80. The van der Waals surface area contributed by atoms with Crippen molar-refractivity contribution in [1.82, 2.24) is 9.55 Å². The van der Waals surface area contributed by atoms with Gasteiger partial charge in [0.15, 0.2) is 10.9 Å². The van der Waals surface area contributed by atoms with Crippen molar-refractivity contribution >= 4 is 18.4 Å². The third-order valence-corrected chi connectivity index (χ3v) is 1.74. The number of hydrogen-bond acceptors (Lipinski definition) is 3. The van der Waals surface area contributed by atoms with E-state index in [1.807, 2.05) is 0 Å². The quantitative estimate of drug-likeness (QED) is 0.484. The third-order valence-electron chi connectivity index (χ3n) is 1.32. The van der Waals surface area contributed by atoms with E-state index in [-0.39, 0.29) is 5.78 Å². The molecule has 0 aliphatic heterocycles. The Morgan fingerprint density at radius 3 is 2.60 bits per heavy atom. The lowest BCUT2D eigenvalue weighted by atomic mass is 10.3. The molecule has 0 bridgehead atoms. The molecule has 0 atom stereocenters. The van der Waals surface area contributed by atoms with Crippen molar-refractivity contribution in [2.75, 3.05) is 0 Å². The number of thiol groups is 1. The number of nitrogens with zero attached hydrogens (tertiary/aromatic N) is 2. The normalized spacial score (nSPS) is 9.90. The molecule has 1 aromatic rings. The van der Waals surface area contributed by atoms with E-state index in [1.54, 1.807) is 11.6 Å². The van der Waals surface area contributed by atoms with Gasteiger partial charge in [0, 0.05) is 14.0 Å². The molecular formula is C6H8N2OS. The number of rotatable bonds is 1. The van der Waals surface area contributed by atoms with E-state index in [9.17, 15) is 4.79 Å². The number of carbonyl (C=O) groups is 1. The molecule has 0 radical (unpaired) electrons. The van der Waals surface area contributed by atoms with Crippen LogP contribution in [0.5, 0.6) is 0 Å². The molecule has 1 rings (SSSR count). The van der Waals surface area contributed by atoms with Gasteiger partial charge >= 0.3 is 0 Å². The van der Waals surface area contributed by atoms with Gasteiger partial charge < -0.3 is 4.57 Å². The Hall–Kier alpha value is -0.770. The van der Waals surface area contributed by atoms with Crippen LogP contribution in [0.3, 0.4) is 0 Å². The van der Waals surface area contributed by atoms with Gasteiger partial charge in [0.1, 0.15) is 5.69 Å². The van der Waals surface area contributed by atoms with Gasteiger partial charge in [0.25, 0.3) is 0 Å². The summed E-state index contributed by atoms with van der Waals surface area (Å²) in [4.78, 5) is 14.6. The van der Waals surface area contributed by atoms with Crippen molar-refractivity contribution in [1.29, 1.82) is 0 Å². The molecule has 0 fully saturated rings. The van der Waals surface area contributed by atoms with Gasteiger partial charge in [0.2, 0.25) is 0 Å². The van der Waals surface area contributed by atoms with Crippen LogP contribution in [0.25, 0.3) is 0 Å². The summed E-state index contributed by atoms with van der Waals surface area (Å²) >= 11 is 4.01. The minimum atomic E-state index is 0.00954. The first kappa shape index (κ1) is 7.34. The molecule has 0 aromatic carbocycles. The Morgan fingerprint density at radius 2 is 2.40 bits per heavy atom. The number of ketones is 1. The van der Waals surface area contributed by atoms with E-state index >= 15 is 0 Å². The molecule has 54 valence electrons. The first-order chi connectivity index (χ1) is 4.63. The van der Waals surface area contributed by atoms with Crippen molar-refractivity contribution < 1.29 is 4.79 Å². The maximum absolute atomic E-state index is 10.8. The Bertz CT molecular complexity index is 267. The minimum Gasteiger partial charge on any atom is -0.320 e. The minimum absolute atomic E-state index is 0.00954. The molecule has 4 heteroatoms. The fraction of sp³-hybridized carbons (Fsp3) is 0.333. The topological polar surface area (TPSA) is 34.9 Å². The van der Waals surface area contributed by atoms with Crippen LogP contribution < -0.4 is 0 Å². The van der Waals surface area contributed by atoms with Gasteiger partial charge in [-0.05, 0) is 0 Å². The summed E-state index contributed by atoms with van der Waals surface area (Å²) in [6.07, 6.45) is 1.52. The van der Waals surface area contributed by atoms with Crippen molar-refractivity contribution in [3.8, 4) is 0 Å². The van der Waals surface area contributed by atoms with Gasteiger partial charge in [-0.25, -0.2) is 4.98 Å². The standard InChI is InChI=1S/C6H8N2OS/c1-4(9)5-3-7-6(10)8(5)2/h3H,1-2H3,(H,7,10). The first-order valence-corrected chi connectivity index (χ1v) is 3.29. The van der Waals surface area contributed by atoms with Crippen molar-refractivity contribution in [3.63, 3.8) is 0 Å². The monoisotopic (exact) mass is 156 g/mol. The molecule has 0 saturated carbocycles. The van der Waals surface area contributed by atoms with E-state index in [2.05, 4.69) is 17.6 Å². The second-order valence-electron chi connectivity index (χ2n) is 2.06. The van der Waals surface area contributed by atoms with Crippen molar-refractivity contribution in [3.05, 3.63) is 11.9 Å². The van der Waals surface area contributed by atoms with Crippen LogP contribution in [0, 0.1) is 0 Å². The second kappa shape index (κ2) is 2.46. The molecule has 1 heterocycles. The lowest BCUT2D eigenvalue weighted by molar-refractivity contribution is 0.100. The Kier molecular flexibility index (Phi) is 1.80. The SMILES string of the molecule is CC(=O)c1cnc(S)n1C. The van der Waals surface area contributed by atoms with Crippen LogP contribution in [-0.4, -0.2) is 15.3 Å². The zero-order valence-corrected chi connectivity index (χ0v) is 6.72. The summed E-state index contributed by atoms with van der Waals surface area (Å²) in [6, 6.07) is 0. The van der Waals surface area contributed by atoms with E-state index in [1.165, 1.54) is 13.1 Å².